The fourth-order valence-corrected chi connectivity index (χ4v) is 4.15. The number of carbonyl (C=O) groups is 2. The largest absolute Gasteiger partial charge is 0.455 e. The van der Waals surface area contributed by atoms with Crippen molar-refractivity contribution in [1.82, 2.24) is 9.88 Å². The summed E-state index contributed by atoms with van der Waals surface area (Å²) in [6.07, 6.45) is 1.49. The van der Waals surface area contributed by atoms with Gasteiger partial charge in [0.25, 0.3) is 5.91 Å². The SMILES string of the molecule is CCc1cccc(CC)c1NC(=O)COC(=O)CNS(=O)(=O)c1c(C)noc1C. The Morgan fingerprint density at radius 3 is 2.28 bits per heavy atom. The number of sulfonamides is 1. The van der Waals surface area contributed by atoms with E-state index in [0.717, 1.165) is 29.7 Å². The first-order valence-electron chi connectivity index (χ1n) is 9.18. The predicted molar refractivity (Wildman–Crippen MR) is 106 cm³/mol. The molecule has 1 aromatic carbocycles. The van der Waals surface area contributed by atoms with Crippen molar-refractivity contribution in [2.24, 2.45) is 0 Å². The molecule has 0 aliphatic rings. The lowest BCUT2D eigenvalue weighted by Crippen LogP contribution is -2.32. The molecule has 0 fully saturated rings. The van der Waals surface area contributed by atoms with Gasteiger partial charge in [-0.25, -0.2) is 8.42 Å². The minimum absolute atomic E-state index is 0.115. The number of aryl methyl sites for hydroxylation is 4. The van der Waals surface area contributed by atoms with E-state index in [4.69, 9.17) is 9.26 Å². The average Bonchev–Trinajstić information content (AvgIpc) is 3.04. The molecule has 0 saturated carbocycles. The second-order valence-electron chi connectivity index (χ2n) is 6.35. The van der Waals surface area contributed by atoms with Gasteiger partial charge in [0.2, 0.25) is 10.0 Å². The molecule has 0 saturated heterocycles. The van der Waals surface area contributed by atoms with E-state index in [1.165, 1.54) is 13.8 Å². The highest BCUT2D eigenvalue weighted by atomic mass is 32.2. The van der Waals surface area contributed by atoms with E-state index in [2.05, 4.69) is 15.2 Å². The Morgan fingerprint density at radius 2 is 1.76 bits per heavy atom. The third-order valence-corrected chi connectivity index (χ3v) is 5.92. The average molecular weight is 423 g/mol. The smallest absolute Gasteiger partial charge is 0.321 e. The van der Waals surface area contributed by atoms with Crippen LogP contribution in [0.15, 0.2) is 27.6 Å². The molecule has 9 nitrogen and oxygen atoms in total. The van der Waals surface area contributed by atoms with Crippen molar-refractivity contribution < 1.29 is 27.3 Å². The Labute approximate surface area is 169 Å². The molecule has 1 amide bonds. The van der Waals surface area contributed by atoms with Crippen LogP contribution in [-0.4, -0.2) is 38.6 Å². The summed E-state index contributed by atoms with van der Waals surface area (Å²) in [6, 6.07) is 5.77. The molecule has 0 spiro atoms. The van der Waals surface area contributed by atoms with Gasteiger partial charge < -0.3 is 14.6 Å². The van der Waals surface area contributed by atoms with E-state index in [1.54, 1.807) is 0 Å². The topological polar surface area (TPSA) is 128 Å². The fraction of sp³-hybridized carbons (Fsp3) is 0.421. The summed E-state index contributed by atoms with van der Waals surface area (Å²) in [5.74, 6) is -1.26. The van der Waals surface area contributed by atoms with E-state index < -0.39 is 35.1 Å². The molecule has 0 aliphatic carbocycles. The second-order valence-corrected chi connectivity index (χ2v) is 8.05. The number of hydrogen-bond acceptors (Lipinski definition) is 7. The first-order valence-corrected chi connectivity index (χ1v) is 10.7. The summed E-state index contributed by atoms with van der Waals surface area (Å²) in [6.45, 7) is 5.76. The number of aromatic nitrogens is 1. The summed E-state index contributed by atoms with van der Waals surface area (Å²) in [5.41, 5.74) is 2.87. The van der Waals surface area contributed by atoms with Crippen molar-refractivity contribution in [2.45, 2.75) is 45.4 Å². The third kappa shape index (κ3) is 5.64. The van der Waals surface area contributed by atoms with Crippen LogP contribution in [0.5, 0.6) is 0 Å². The number of para-hydroxylation sites is 1. The molecule has 2 aromatic rings. The monoisotopic (exact) mass is 423 g/mol. The Hall–Kier alpha value is -2.72. The molecule has 2 rings (SSSR count). The fourth-order valence-electron chi connectivity index (χ4n) is 2.86. The molecule has 1 aromatic heterocycles. The Morgan fingerprint density at radius 1 is 1.14 bits per heavy atom. The Kier molecular flexibility index (Phi) is 7.52. The first kappa shape index (κ1) is 22.6. The molecule has 158 valence electrons. The van der Waals surface area contributed by atoms with Crippen LogP contribution < -0.4 is 10.0 Å². The van der Waals surface area contributed by atoms with Crippen molar-refractivity contribution in [3.8, 4) is 0 Å². The minimum Gasteiger partial charge on any atom is -0.455 e. The van der Waals surface area contributed by atoms with Crippen LogP contribution in [0.1, 0.15) is 36.4 Å². The number of esters is 1. The number of nitrogens with zero attached hydrogens (tertiary/aromatic N) is 1. The number of amides is 1. The molecule has 0 atom stereocenters. The molecular weight excluding hydrogens is 398 g/mol. The van der Waals surface area contributed by atoms with Gasteiger partial charge in [-0.3, -0.25) is 9.59 Å². The Balaban J connectivity index is 1.91. The van der Waals surface area contributed by atoms with E-state index in [0.29, 0.717) is 0 Å². The number of nitrogens with one attached hydrogen (secondary N) is 2. The molecule has 0 bridgehead atoms. The van der Waals surface area contributed by atoms with Gasteiger partial charge in [0.05, 0.1) is 0 Å². The Bertz CT molecular complexity index is 956. The predicted octanol–water partition coefficient (Wildman–Crippen LogP) is 1.88. The maximum atomic E-state index is 12.3. The van der Waals surface area contributed by atoms with Crippen molar-refractivity contribution in [1.29, 1.82) is 0 Å². The van der Waals surface area contributed by atoms with Gasteiger partial charge in [0.1, 0.15) is 17.1 Å². The standard InChI is InChI=1S/C19H25N3O6S/c1-5-14-8-7-9-15(6-2)18(14)21-16(23)11-27-17(24)10-20-29(25,26)19-12(3)22-28-13(19)4/h7-9,20H,5-6,10-11H2,1-4H3,(H,21,23). The normalized spacial score (nSPS) is 11.3. The highest BCUT2D eigenvalue weighted by Gasteiger charge is 2.25. The van der Waals surface area contributed by atoms with Crippen LogP contribution in [0.25, 0.3) is 0 Å². The van der Waals surface area contributed by atoms with Gasteiger partial charge in [-0.15, -0.1) is 0 Å². The first-order chi connectivity index (χ1) is 13.7. The molecule has 10 heteroatoms. The van der Waals surface area contributed by atoms with Crippen molar-refractivity contribution >= 4 is 27.6 Å². The van der Waals surface area contributed by atoms with Crippen molar-refractivity contribution in [3.05, 3.63) is 40.8 Å². The number of carbonyl (C=O) groups excluding carboxylic acids is 2. The molecule has 1 heterocycles. The lowest BCUT2D eigenvalue weighted by Gasteiger charge is -2.14. The maximum Gasteiger partial charge on any atom is 0.321 e. The molecular formula is C19H25N3O6S. The number of hydrogen-bond donors (Lipinski definition) is 2. The van der Waals surface area contributed by atoms with Crippen LogP contribution in [-0.2, 0) is 37.2 Å². The summed E-state index contributed by atoms with van der Waals surface area (Å²) < 4.78 is 36.3. The van der Waals surface area contributed by atoms with Crippen LogP contribution in [0.4, 0.5) is 5.69 Å². The van der Waals surface area contributed by atoms with Gasteiger partial charge in [-0.05, 0) is 37.8 Å². The molecule has 0 unspecified atom stereocenters. The van der Waals surface area contributed by atoms with Crippen molar-refractivity contribution in [2.75, 3.05) is 18.5 Å². The van der Waals surface area contributed by atoms with Gasteiger partial charge in [0.15, 0.2) is 12.4 Å². The number of rotatable bonds is 9. The summed E-state index contributed by atoms with van der Waals surface area (Å²) in [7, 11) is -3.99. The second kappa shape index (κ2) is 9.66. The van der Waals surface area contributed by atoms with Gasteiger partial charge in [-0.1, -0.05) is 37.2 Å². The summed E-state index contributed by atoms with van der Waals surface area (Å²) in [4.78, 5) is 23.9. The molecule has 2 N–H and O–H groups in total. The van der Waals surface area contributed by atoms with E-state index in [-0.39, 0.29) is 16.3 Å². The molecule has 0 radical (unpaired) electrons. The number of anilines is 1. The zero-order valence-corrected chi connectivity index (χ0v) is 17.7. The zero-order chi connectivity index (χ0) is 21.6. The highest BCUT2D eigenvalue weighted by Crippen LogP contribution is 2.22. The zero-order valence-electron chi connectivity index (χ0n) is 16.9. The van der Waals surface area contributed by atoms with Crippen LogP contribution in [0.3, 0.4) is 0 Å². The van der Waals surface area contributed by atoms with Crippen molar-refractivity contribution in [3.63, 3.8) is 0 Å². The number of benzene rings is 1. The van der Waals surface area contributed by atoms with Gasteiger partial charge in [-0.2, -0.15) is 4.72 Å². The van der Waals surface area contributed by atoms with Crippen LogP contribution in [0.2, 0.25) is 0 Å². The lowest BCUT2D eigenvalue weighted by atomic mass is 10.0. The molecule has 0 aliphatic heterocycles. The van der Waals surface area contributed by atoms with Gasteiger partial charge >= 0.3 is 5.97 Å². The van der Waals surface area contributed by atoms with E-state index >= 15 is 0 Å². The van der Waals surface area contributed by atoms with E-state index in [1.807, 2.05) is 32.0 Å². The van der Waals surface area contributed by atoms with Gasteiger partial charge in [0, 0.05) is 5.69 Å². The minimum atomic E-state index is -3.99. The molecule has 29 heavy (non-hydrogen) atoms. The quantitative estimate of drug-likeness (QED) is 0.589. The number of ether oxygens (including phenoxy) is 1. The summed E-state index contributed by atoms with van der Waals surface area (Å²) >= 11 is 0. The lowest BCUT2D eigenvalue weighted by molar-refractivity contribution is -0.146. The van der Waals surface area contributed by atoms with Crippen LogP contribution in [0, 0.1) is 13.8 Å². The summed E-state index contributed by atoms with van der Waals surface area (Å²) in [5, 5.41) is 6.34. The van der Waals surface area contributed by atoms with Crippen LogP contribution >= 0.6 is 0 Å². The third-order valence-electron chi connectivity index (χ3n) is 4.27. The van der Waals surface area contributed by atoms with E-state index in [9.17, 15) is 18.0 Å². The maximum absolute atomic E-state index is 12.3. The highest BCUT2D eigenvalue weighted by molar-refractivity contribution is 7.89.